The number of aliphatic hydroxyl groups excluding tert-OH is 1. The van der Waals surface area contributed by atoms with Crippen LogP contribution >= 0.6 is 0 Å². The molecule has 0 atom stereocenters. The minimum atomic E-state index is -0.468. The average molecular weight is 482 g/mol. The molecule has 0 aliphatic carbocycles. The Hall–Kier alpha value is -3.52. The van der Waals surface area contributed by atoms with Crippen molar-refractivity contribution in [3.8, 4) is 5.75 Å². The van der Waals surface area contributed by atoms with E-state index in [-0.39, 0.29) is 24.5 Å². The van der Waals surface area contributed by atoms with Crippen molar-refractivity contribution in [1.82, 2.24) is 9.13 Å². The van der Waals surface area contributed by atoms with E-state index in [4.69, 9.17) is 9.73 Å². The Balaban J connectivity index is 1.97. The van der Waals surface area contributed by atoms with Gasteiger partial charge in [-0.15, -0.1) is 0 Å². The van der Waals surface area contributed by atoms with E-state index < -0.39 is 5.69 Å². The number of aromatic nitrogens is 2. The number of para-hydroxylation sites is 1. The first-order valence-corrected chi connectivity index (χ1v) is 11.7. The van der Waals surface area contributed by atoms with Crippen LogP contribution in [0.25, 0.3) is 0 Å². The van der Waals surface area contributed by atoms with E-state index in [1.165, 1.54) is 21.3 Å². The third kappa shape index (κ3) is 6.33. The number of methoxy groups -OCH3 is 1. The predicted octanol–water partition coefficient (Wildman–Crippen LogP) is 3.78. The smallest absolute Gasteiger partial charge is 0.332 e. The molecule has 0 aliphatic rings. The first-order valence-electron chi connectivity index (χ1n) is 11.7. The fraction of sp³-hybridized carbons (Fsp3) is 0.370. The SMILES string of the molecule is COc1ccccc1/C(C)=N/c1c(CCCCc2ccc(F)cc2)c(=O)n(CCCO)c(=O)n1C. The van der Waals surface area contributed by atoms with Crippen LogP contribution in [0, 0.1) is 5.82 Å². The lowest BCUT2D eigenvalue weighted by molar-refractivity contribution is 0.277. The highest BCUT2D eigenvalue weighted by Gasteiger charge is 2.18. The van der Waals surface area contributed by atoms with Gasteiger partial charge < -0.3 is 9.84 Å². The highest BCUT2D eigenvalue weighted by molar-refractivity contribution is 6.02. The molecule has 1 heterocycles. The molecular weight excluding hydrogens is 449 g/mol. The van der Waals surface area contributed by atoms with Crippen LogP contribution in [0.3, 0.4) is 0 Å². The Morgan fingerprint density at radius 3 is 2.40 bits per heavy atom. The van der Waals surface area contributed by atoms with Gasteiger partial charge >= 0.3 is 5.69 Å². The van der Waals surface area contributed by atoms with Gasteiger partial charge in [0.2, 0.25) is 0 Å². The number of hydrogen-bond donors (Lipinski definition) is 1. The summed E-state index contributed by atoms with van der Waals surface area (Å²) in [6, 6.07) is 13.8. The molecule has 0 aliphatic heterocycles. The lowest BCUT2D eigenvalue weighted by Gasteiger charge is -2.15. The third-order valence-electron chi connectivity index (χ3n) is 5.97. The highest BCUT2D eigenvalue weighted by atomic mass is 19.1. The van der Waals surface area contributed by atoms with Gasteiger partial charge in [-0.1, -0.05) is 24.3 Å². The molecule has 1 N–H and O–H groups in total. The summed E-state index contributed by atoms with van der Waals surface area (Å²) < 4.78 is 21.2. The molecule has 8 heteroatoms. The molecule has 0 amide bonds. The molecular formula is C27H32FN3O4. The van der Waals surface area contributed by atoms with Gasteiger partial charge in [-0.25, -0.2) is 14.2 Å². The van der Waals surface area contributed by atoms with Crippen LogP contribution in [0.1, 0.15) is 42.9 Å². The fourth-order valence-corrected chi connectivity index (χ4v) is 4.05. The molecule has 35 heavy (non-hydrogen) atoms. The summed E-state index contributed by atoms with van der Waals surface area (Å²) in [5, 5.41) is 9.21. The maximum atomic E-state index is 13.3. The molecule has 1 aromatic heterocycles. The monoisotopic (exact) mass is 481 g/mol. The zero-order valence-corrected chi connectivity index (χ0v) is 20.5. The minimum absolute atomic E-state index is 0.116. The van der Waals surface area contributed by atoms with Crippen LogP contribution < -0.4 is 16.0 Å². The molecule has 7 nitrogen and oxygen atoms in total. The molecule has 0 unspecified atom stereocenters. The minimum Gasteiger partial charge on any atom is -0.496 e. The van der Waals surface area contributed by atoms with Crippen molar-refractivity contribution in [1.29, 1.82) is 0 Å². The summed E-state index contributed by atoms with van der Waals surface area (Å²) in [7, 11) is 3.18. The number of unbranched alkanes of at least 4 members (excludes halogenated alkanes) is 1. The number of aliphatic imine (C=N–C) groups is 1. The number of rotatable bonds is 11. The van der Waals surface area contributed by atoms with Crippen LogP contribution in [-0.4, -0.2) is 33.7 Å². The van der Waals surface area contributed by atoms with Gasteiger partial charge in [0.05, 0.1) is 18.4 Å². The van der Waals surface area contributed by atoms with Crippen LogP contribution in [-0.2, 0) is 26.4 Å². The maximum Gasteiger partial charge on any atom is 0.332 e. The number of benzene rings is 2. The van der Waals surface area contributed by atoms with Gasteiger partial charge in [0, 0.05) is 25.8 Å². The first-order chi connectivity index (χ1) is 16.9. The molecule has 3 aromatic rings. The molecule has 2 aromatic carbocycles. The Morgan fingerprint density at radius 2 is 1.71 bits per heavy atom. The van der Waals surface area contributed by atoms with Gasteiger partial charge in [-0.2, -0.15) is 0 Å². The van der Waals surface area contributed by atoms with E-state index in [0.29, 0.717) is 42.1 Å². The highest BCUT2D eigenvalue weighted by Crippen LogP contribution is 2.23. The molecule has 0 bridgehead atoms. The van der Waals surface area contributed by atoms with Crippen molar-refractivity contribution in [2.75, 3.05) is 13.7 Å². The summed E-state index contributed by atoms with van der Waals surface area (Å²) in [5.41, 5.74) is 2.03. The van der Waals surface area contributed by atoms with Gasteiger partial charge in [0.15, 0.2) is 0 Å². The summed E-state index contributed by atoms with van der Waals surface area (Å²) in [6.45, 7) is 1.84. The Morgan fingerprint density at radius 1 is 1.03 bits per heavy atom. The number of ether oxygens (including phenoxy) is 1. The first kappa shape index (κ1) is 26.1. The van der Waals surface area contributed by atoms with Gasteiger partial charge in [0.25, 0.3) is 5.56 Å². The molecule has 0 spiro atoms. The van der Waals surface area contributed by atoms with E-state index in [1.54, 1.807) is 26.3 Å². The standard InChI is InChI=1S/C27H32FN3O4/c1-19(22-10-6-7-12-24(22)35-3)29-25-23(11-5-4-9-20-13-15-21(28)16-14-20)26(33)31(17-8-18-32)27(34)30(25)2/h6-7,10,12-16,32H,4-5,8-9,11,17-18H2,1-3H3/b29-19+. The predicted molar refractivity (Wildman–Crippen MR) is 136 cm³/mol. The molecule has 0 saturated carbocycles. The average Bonchev–Trinajstić information content (AvgIpc) is 2.87. The Bertz CT molecular complexity index is 1290. The van der Waals surface area contributed by atoms with Crippen molar-refractivity contribution in [3.63, 3.8) is 0 Å². The maximum absolute atomic E-state index is 13.3. The summed E-state index contributed by atoms with van der Waals surface area (Å²) >= 11 is 0. The van der Waals surface area contributed by atoms with E-state index in [0.717, 1.165) is 24.0 Å². The lowest BCUT2D eigenvalue weighted by Crippen LogP contribution is -2.41. The summed E-state index contributed by atoms with van der Waals surface area (Å²) in [5.74, 6) is 0.705. The largest absolute Gasteiger partial charge is 0.496 e. The van der Waals surface area contributed by atoms with Crippen molar-refractivity contribution >= 4 is 11.5 Å². The second-order valence-corrected chi connectivity index (χ2v) is 8.41. The lowest BCUT2D eigenvalue weighted by atomic mass is 10.0. The topological polar surface area (TPSA) is 85.8 Å². The van der Waals surface area contributed by atoms with Crippen LogP contribution in [0.2, 0.25) is 0 Å². The summed E-state index contributed by atoms with van der Waals surface area (Å²) in [6.07, 6.45) is 2.98. The van der Waals surface area contributed by atoms with Crippen molar-refractivity contribution in [2.45, 2.75) is 45.6 Å². The van der Waals surface area contributed by atoms with E-state index >= 15 is 0 Å². The van der Waals surface area contributed by atoms with Crippen molar-refractivity contribution in [3.05, 3.63) is 91.9 Å². The fourth-order valence-electron chi connectivity index (χ4n) is 4.05. The quantitative estimate of drug-likeness (QED) is 0.334. The second kappa shape index (κ2) is 12.3. The van der Waals surface area contributed by atoms with Crippen LogP contribution in [0.5, 0.6) is 5.75 Å². The van der Waals surface area contributed by atoms with Crippen LogP contribution in [0.4, 0.5) is 10.2 Å². The van der Waals surface area contributed by atoms with Crippen LogP contribution in [0.15, 0.2) is 63.1 Å². The summed E-state index contributed by atoms with van der Waals surface area (Å²) in [4.78, 5) is 31.0. The Kier molecular flexibility index (Phi) is 9.14. The van der Waals surface area contributed by atoms with Crippen molar-refractivity contribution in [2.24, 2.45) is 12.0 Å². The van der Waals surface area contributed by atoms with Gasteiger partial charge in [-0.05, 0) is 68.9 Å². The number of hydrogen-bond acceptors (Lipinski definition) is 5. The van der Waals surface area contributed by atoms with Crippen molar-refractivity contribution < 1.29 is 14.2 Å². The third-order valence-corrected chi connectivity index (χ3v) is 5.97. The number of halogens is 1. The van der Waals surface area contributed by atoms with Gasteiger partial charge in [-0.3, -0.25) is 13.9 Å². The van der Waals surface area contributed by atoms with E-state index in [1.807, 2.05) is 31.2 Å². The number of aliphatic hydroxyl groups is 1. The normalized spacial score (nSPS) is 11.6. The number of nitrogens with zero attached hydrogens (tertiary/aromatic N) is 3. The Labute approximate surface area is 204 Å². The van der Waals surface area contributed by atoms with E-state index in [2.05, 4.69) is 0 Å². The molecule has 3 rings (SSSR count). The zero-order valence-electron chi connectivity index (χ0n) is 20.5. The zero-order chi connectivity index (χ0) is 25.4. The number of aryl methyl sites for hydroxylation is 1. The molecule has 186 valence electrons. The molecule has 0 saturated heterocycles. The molecule has 0 radical (unpaired) electrons. The second-order valence-electron chi connectivity index (χ2n) is 8.41. The van der Waals surface area contributed by atoms with Gasteiger partial charge in [0.1, 0.15) is 17.4 Å². The molecule has 0 fully saturated rings. The van der Waals surface area contributed by atoms with E-state index in [9.17, 15) is 19.1 Å².